The van der Waals surface area contributed by atoms with Crippen molar-refractivity contribution in [1.29, 1.82) is 0 Å². The molecule has 0 radical (unpaired) electrons. The van der Waals surface area contributed by atoms with E-state index >= 15 is 0 Å². The van der Waals surface area contributed by atoms with Gasteiger partial charge in [0.2, 0.25) is 30.0 Å². The minimum Gasteiger partial charge on any atom is -0.449 e. The molecule has 5 aromatic carbocycles. The van der Waals surface area contributed by atoms with E-state index < -0.39 is 60.7 Å². The van der Waals surface area contributed by atoms with Crippen molar-refractivity contribution in [2.75, 3.05) is 58.4 Å². The minimum absolute atomic E-state index is 0.0389. The molecule has 0 spiro atoms. The Morgan fingerprint density at radius 3 is 1.80 bits per heavy atom. The van der Waals surface area contributed by atoms with Crippen LogP contribution in [0.15, 0.2) is 140 Å². The van der Waals surface area contributed by atoms with Crippen LogP contribution in [-0.4, -0.2) is 164 Å². The van der Waals surface area contributed by atoms with E-state index in [2.05, 4.69) is 92.0 Å². The van der Waals surface area contributed by atoms with E-state index in [1.54, 1.807) is 28.5 Å². The van der Waals surface area contributed by atoms with E-state index in [9.17, 15) is 38.4 Å². The van der Waals surface area contributed by atoms with Crippen LogP contribution in [0.5, 0.6) is 0 Å². The molecule has 1 aromatic heterocycles. The zero-order chi connectivity index (χ0) is 66.5. The highest BCUT2D eigenvalue weighted by Gasteiger charge is 2.29. The van der Waals surface area contributed by atoms with Crippen molar-refractivity contribution in [2.45, 2.75) is 108 Å². The van der Waals surface area contributed by atoms with Crippen LogP contribution < -0.4 is 49.1 Å². The molecule has 0 saturated heterocycles. The number of fused-ring (bicyclic) bond motifs is 4. The number of hydrogen-bond acceptors (Lipinski definition) is 17. The fourth-order valence-corrected chi connectivity index (χ4v) is 10.6. The smallest absolute Gasteiger partial charge is 0.407 e. The molecule has 6 unspecified atom stereocenters. The Hall–Kier alpha value is -7.94. The van der Waals surface area contributed by atoms with Gasteiger partial charge in [0.25, 0.3) is 0 Å². The summed E-state index contributed by atoms with van der Waals surface area (Å²) in [7, 11) is 6.65. The number of aryl methyl sites for hydroxylation is 1. The molecule has 6 aromatic rings. The Kier molecular flexibility index (Phi) is 40.9. The van der Waals surface area contributed by atoms with Crippen molar-refractivity contribution in [3.8, 4) is 11.1 Å². The number of aliphatic hydroxyl groups is 3. The predicted molar refractivity (Wildman–Crippen MR) is 358 cm³/mol. The first-order chi connectivity index (χ1) is 43.5. The number of rotatable bonds is 31. The molecule has 1 heterocycles. The molecule has 90 heavy (non-hydrogen) atoms. The summed E-state index contributed by atoms with van der Waals surface area (Å²) < 4.78 is 5.57. The number of hydrogen-bond donors (Lipinski definition) is 13. The van der Waals surface area contributed by atoms with Gasteiger partial charge in [-0.3, -0.25) is 24.0 Å². The normalized spacial score (nSPS) is 12.7. The van der Waals surface area contributed by atoms with E-state index in [1.807, 2.05) is 104 Å². The molecule has 0 fully saturated rings. The number of ether oxygens (including phenoxy) is 1. The fourth-order valence-electron chi connectivity index (χ4n) is 8.58. The number of nitrogens with two attached hydrogens (primary N) is 3. The number of amides is 6. The first kappa shape index (κ1) is 78.2. The van der Waals surface area contributed by atoms with E-state index in [4.69, 9.17) is 31.5 Å². The van der Waals surface area contributed by atoms with Gasteiger partial charge in [-0.05, 0) is 106 Å². The zero-order valence-electron chi connectivity index (χ0n) is 52.0. The van der Waals surface area contributed by atoms with E-state index in [0.717, 1.165) is 52.0 Å². The summed E-state index contributed by atoms with van der Waals surface area (Å²) in [6, 6.07) is 40.8. The number of nitrogens with one attached hydrogen (secondary N) is 7. The van der Waals surface area contributed by atoms with Gasteiger partial charge < -0.3 is 83.7 Å². The van der Waals surface area contributed by atoms with Crippen LogP contribution in [-0.2, 0) is 51.1 Å². The third-order valence-electron chi connectivity index (χ3n) is 13.3. The Labute approximate surface area is 536 Å². The molecular formula is C66H92N10O12S2. The monoisotopic (exact) mass is 1280 g/mol. The number of carbonyl (C=O) groups is 8. The van der Waals surface area contributed by atoms with Crippen molar-refractivity contribution in [1.82, 2.24) is 36.9 Å². The minimum atomic E-state index is -0.956. The summed E-state index contributed by atoms with van der Waals surface area (Å²) >= 11 is 0. The number of aliphatic hydroxyl groups excluding tert-OH is 3. The number of aldehydes is 2. The lowest BCUT2D eigenvalue weighted by Crippen LogP contribution is -2.52. The lowest BCUT2D eigenvalue weighted by molar-refractivity contribution is -0.131. The lowest BCUT2D eigenvalue weighted by atomic mass is 9.98. The summed E-state index contributed by atoms with van der Waals surface area (Å²) in [5, 5.41) is 42.9. The molecule has 7 rings (SSSR count). The van der Waals surface area contributed by atoms with Gasteiger partial charge in [-0.15, -0.1) is 0 Å². The number of H-pyrrole nitrogens is 1. The molecule has 490 valence electrons. The average molecular weight is 1280 g/mol. The van der Waals surface area contributed by atoms with Crippen molar-refractivity contribution in [3.63, 3.8) is 0 Å². The van der Waals surface area contributed by atoms with E-state index in [1.165, 1.54) is 30.4 Å². The standard InChI is InChI=1S/C38H48N6O6S2.C9H11NO.C9H9N.C5H11NO3.C4H8O2.CH5N/c1-40-20-22-52-51-21-18-34(45)44-33(23-26-11-3-2-4-12-26)37(48)42-24-35(46)43-32(36(39)47)17-9-10-19-41-38(49)50-25-31-29-15-7-5-13-27(29)28-14-6-8-16-30(28)31;10-9(7-11)6-8-4-2-1-3-5-8;1-7-6-10-9-5-3-2-4-8(7)9;1-4(9)5(2-7)6-3-8;1-4(6)2-3-5;1-2/h2-8,11-16,31-33,40H,9-10,17-25H2,1H3,(H2,39,47)(H,41,49)(H,42,48)(H,43,46)(H,44,45);1-5,7,9H,6,10H2;2-6,10H,1H3;3-5,7,9H,2H2,1H3,(H,6,8);3-4,6H,2H2,1H3;2H2,1H3. The Balaban J connectivity index is 0.000000574. The maximum absolute atomic E-state index is 13.1. The summed E-state index contributed by atoms with van der Waals surface area (Å²) in [4.78, 5) is 95.7. The highest BCUT2D eigenvalue weighted by Crippen LogP contribution is 2.44. The van der Waals surface area contributed by atoms with Crippen LogP contribution >= 0.6 is 21.6 Å². The number of benzene rings is 5. The molecule has 6 atom stereocenters. The largest absolute Gasteiger partial charge is 0.449 e. The summed E-state index contributed by atoms with van der Waals surface area (Å²) in [5.41, 5.74) is 24.5. The zero-order valence-corrected chi connectivity index (χ0v) is 53.6. The van der Waals surface area contributed by atoms with Gasteiger partial charge in [-0.2, -0.15) is 0 Å². The lowest BCUT2D eigenvalue weighted by Gasteiger charge is -2.20. The van der Waals surface area contributed by atoms with E-state index in [-0.39, 0.29) is 56.8 Å². The molecule has 24 heteroatoms. The maximum Gasteiger partial charge on any atom is 0.407 e. The van der Waals surface area contributed by atoms with Crippen LogP contribution in [0.25, 0.3) is 22.0 Å². The second kappa shape index (κ2) is 47.1. The third-order valence-corrected chi connectivity index (χ3v) is 15.7. The molecular weight excluding hydrogens is 1190 g/mol. The number of aromatic nitrogens is 1. The Morgan fingerprint density at radius 2 is 1.28 bits per heavy atom. The molecule has 22 nitrogen and oxygen atoms in total. The Bertz CT molecular complexity index is 2970. The molecule has 6 amide bonds. The number of unbranched alkanes of at least 4 members (excludes halogenated alkanes) is 1. The molecule has 1 aliphatic rings. The summed E-state index contributed by atoms with van der Waals surface area (Å²) in [5.74, 6) is -0.594. The SMILES string of the molecule is CC(O)C(CO)NC=O.CC(O)CC=O.CN.CNCCSSCCC(=O)NC(Cc1ccccc1)C(=O)NCC(=O)NC(CCCCNC(=O)OCC1c2ccccc2-c2ccccc21)C(N)=O.Cc1c[nH]c2ccccc12.NC(C=O)Cc1ccccc1. The van der Waals surface area contributed by atoms with Crippen LogP contribution in [0.1, 0.15) is 79.7 Å². The number of primary amides is 1. The predicted octanol–water partition coefficient (Wildman–Crippen LogP) is 4.74. The van der Waals surface area contributed by atoms with Crippen molar-refractivity contribution >= 4 is 81.2 Å². The highest BCUT2D eigenvalue weighted by atomic mass is 33.1. The van der Waals surface area contributed by atoms with Gasteiger partial charge in [-0.25, -0.2) is 4.79 Å². The van der Waals surface area contributed by atoms with Gasteiger partial charge in [0.05, 0.1) is 37.4 Å². The van der Waals surface area contributed by atoms with Gasteiger partial charge in [0.1, 0.15) is 31.3 Å². The number of aromatic amines is 1. The van der Waals surface area contributed by atoms with Crippen LogP contribution in [0.2, 0.25) is 0 Å². The van der Waals surface area contributed by atoms with Crippen molar-refractivity contribution in [3.05, 3.63) is 167 Å². The van der Waals surface area contributed by atoms with Crippen molar-refractivity contribution in [2.24, 2.45) is 17.2 Å². The number of carbonyl (C=O) groups excluding carboxylic acids is 8. The second-order valence-corrected chi connectivity index (χ2v) is 23.1. The van der Waals surface area contributed by atoms with Crippen LogP contribution in [0.4, 0.5) is 4.79 Å². The fraction of sp³-hybridized carbons (Fsp3) is 0.394. The quantitative estimate of drug-likeness (QED) is 0.0159. The molecule has 16 N–H and O–H groups in total. The summed E-state index contributed by atoms with van der Waals surface area (Å²) in [6.45, 7) is 5.95. The van der Waals surface area contributed by atoms with E-state index in [0.29, 0.717) is 44.3 Å². The maximum atomic E-state index is 13.1. The molecule has 1 aliphatic carbocycles. The summed E-state index contributed by atoms with van der Waals surface area (Å²) in [6.07, 6.45) is 4.88. The first-order valence-corrected chi connectivity index (χ1v) is 32.1. The highest BCUT2D eigenvalue weighted by molar-refractivity contribution is 8.76. The van der Waals surface area contributed by atoms with Crippen LogP contribution in [0.3, 0.4) is 0 Å². The molecule has 0 aliphatic heterocycles. The topological polar surface area (TPSA) is 373 Å². The molecule has 0 bridgehead atoms. The average Bonchev–Trinajstić information content (AvgIpc) is 1.63. The van der Waals surface area contributed by atoms with Crippen molar-refractivity contribution < 1.29 is 58.4 Å². The van der Waals surface area contributed by atoms with Gasteiger partial charge in [0, 0.05) is 66.9 Å². The Morgan fingerprint density at radius 1 is 0.711 bits per heavy atom. The van der Waals surface area contributed by atoms with Crippen LogP contribution in [0, 0.1) is 6.92 Å². The molecule has 0 saturated carbocycles. The number of alkyl carbamates (subject to hydrolysis) is 1. The van der Waals surface area contributed by atoms with Gasteiger partial charge in [0.15, 0.2) is 0 Å². The van der Waals surface area contributed by atoms with Gasteiger partial charge >= 0.3 is 6.09 Å². The third kappa shape index (κ3) is 31.5. The number of para-hydroxylation sites is 1. The van der Waals surface area contributed by atoms with Gasteiger partial charge in [-0.1, -0.05) is 149 Å². The first-order valence-electron chi connectivity index (χ1n) is 29.6. The second-order valence-electron chi connectivity index (χ2n) is 20.4.